The van der Waals surface area contributed by atoms with Crippen LogP contribution in [0.1, 0.15) is 36.8 Å². The molecule has 154 valence electrons. The highest BCUT2D eigenvalue weighted by Gasteiger charge is 2.35. The van der Waals surface area contributed by atoms with Crippen LogP contribution in [0.5, 0.6) is 0 Å². The molecule has 0 unspecified atom stereocenters. The Bertz CT molecular complexity index is 990. The molecule has 2 aliphatic rings. The van der Waals surface area contributed by atoms with Crippen molar-refractivity contribution >= 4 is 11.8 Å². The summed E-state index contributed by atoms with van der Waals surface area (Å²) in [6, 6.07) is 20.4. The molecular formula is C25H27N3O2. The average molecular weight is 402 g/mol. The van der Waals surface area contributed by atoms with Crippen molar-refractivity contribution in [2.75, 3.05) is 18.0 Å². The largest absolute Gasteiger partial charge is 0.340 e. The van der Waals surface area contributed by atoms with Crippen LogP contribution in [0.4, 0.5) is 5.88 Å². The van der Waals surface area contributed by atoms with Gasteiger partial charge in [-0.15, -0.1) is 0 Å². The predicted octanol–water partition coefficient (Wildman–Crippen LogP) is 4.88. The Morgan fingerprint density at radius 1 is 0.967 bits per heavy atom. The zero-order chi connectivity index (χ0) is 20.3. The van der Waals surface area contributed by atoms with Crippen molar-refractivity contribution in [3.63, 3.8) is 0 Å². The zero-order valence-electron chi connectivity index (χ0n) is 17.2. The zero-order valence-corrected chi connectivity index (χ0v) is 17.2. The molecule has 2 fully saturated rings. The number of aromatic nitrogens is 1. The smallest absolute Gasteiger partial charge is 0.232 e. The predicted molar refractivity (Wildman–Crippen MR) is 117 cm³/mol. The molecule has 0 bridgehead atoms. The Morgan fingerprint density at radius 3 is 2.30 bits per heavy atom. The molecule has 2 aromatic carbocycles. The third-order valence-corrected chi connectivity index (χ3v) is 6.01. The second kappa shape index (κ2) is 8.34. The van der Waals surface area contributed by atoms with E-state index in [0.717, 1.165) is 67.0 Å². The SMILES string of the molecule is O=C(C1CC1)N(Cc1ccccc1)Cc1c(-c2ccccc2)noc1N1CCCC1. The minimum atomic E-state index is 0.170. The van der Waals surface area contributed by atoms with E-state index in [-0.39, 0.29) is 11.8 Å². The summed E-state index contributed by atoms with van der Waals surface area (Å²) in [5, 5.41) is 4.46. The minimum absolute atomic E-state index is 0.170. The van der Waals surface area contributed by atoms with Crippen molar-refractivity contribution in [3.8, 4) is 11.3 Å². The summed E-state index contributed by atoms with van der Waals surface area (Å²) in [6.45, 7) is 3.08. The van der Waals surface area contributed by atoms with Crippen molar-refractivity contribution in [2.24, 2.45) is 5.92 Å². The summed E-state index contributed by atoms with van der Waals surface area (Å²) in [5.41, 5.74) is 4.04. The molecule has 1 aliphatic heterocycles. The van der Waals surface area contributed by atoms with Gasteiger partial charge in [-0.25, -0.2) is 0 Å². The normalized spacial score (nSPS) is 16.1. The van der Waals surface area contributed by atoms with Crippen molar-refractivity contribution in [1.82, 2.24) is 10.1 Å². The molecule has 0 spiro atoms. The van der Waals surface area contributed by atoms with Gasteiger partial charge in [0.1, 0.15) is 5.69 Å². The van der Waals surface area contributed by atoms with Crippen LogP contribution in [0, 0.1) is 5.92 Å². The van der Waals surface area contributed by atoms with Gasteiger partial charge in [0, 0.05) is 31.1 Å². The Hall–Kier alpha value is -3.08. The van der Waals surface area contributed by atoms with Crippen LogP contribution >= 0.6 is 0 Å². The van der Waals surface area contributed by atoms with Gasteiger partial charge < -0.3 is 14.3 Å². The number of hydrogen-bond acceptors (Lipinski definition) is 4. The molecule has 0 radical (unpaired) electrons. The fraction of sp³-hybridized carbons (Fsp3) is 0.360. The van der Waals surface area contributed by atoms with E-state index in [2.05, 4.69) is 34.3 Å². The van der Waals surface area contributed by atoms with E-state index in [9.17, 15) is 4.79 Å². The maximum Gasteiger partial charge on any atom is 0.232 e. The van der Waals surface area contributed by atoms with E-state index < -0.39 is 0 Å². The van der Waals surface area contributed by atoms with Crippen LogP contribution in [-0.4, -0.2) is 29.1 Å². The summed E-state index contributed by atoms with van der Waals surface area (Å²) in [6.07, 6.45) is 4.32. The van der Waals surface area contributed by atoms with Gasteiger partial charge in [-0.3, -0.25) is 4.79 Å². The maximum absolute atomic E-state index is 13.2. The highest BCUT2D eigenvalue weighted by Crippen LogP contribution is 2.37. The van der Waals surface area contributed by atoms with Crippen LogP contribution < -0.4 is 4.90 Å². The molecule has 2 heterocycles. The summed E-state index contributed by atoms with van der Waals surface area (Å²) in [7, 11) is 0. The summed E-state index contributed by atoms with van der Waals surface area (Å²) in [4.78, 5) is 17.4. The second-order valence-electron chi connectivity index (χ2n) is 8.33. The van der Waals surface area contributed by atoms with Gasteiger partial charge in [-0.1, -0.05) is 65.8 Å². The fourth-order valence-corrected chi connectivity index (χ4v) is 4.23. The first-order valence-electron chi connectivity index (χ1n) is 10.9. The lowest BCUT2D eigenvalue weighted by Crippen LogP contribution is -2.32. The monoisotopic (exact) mass is 401 g/mol. The highest BCUT2D eigenvalue weighted by atomic mass is 16.5. The van der Waals surface area contributed by atoms with Crippen LogP contribution in [-0.2, 0) is 17.9 Å². The van der Waals surface area contributed by atoms with E-state index in [1.807, 2.05) is 41.3 Å². The van der Waals surface area contributed by atoms with E-state index in [1.165, 1.54) is 0 Å². The topological polar surface area (TPSA) is 49.6 Å². The Morgan fingerprint density at radius 2 is 1.63 bits per heavy atom. The third kappa shape index (κ3) is 3.97. The fourth-order valence-electron chi connectivity index (χ4n) is 4.23. The first-order chi connectivity index (χ1) is 14.8. The molecule has 1 aliphatic carbocycles. The van der Waals surface area contributed by atoms with Gasteiger partial charge in [0.15, 0.2) is 0 Å². The average Bonchev–Trinajstić information content (AvgIpc) is 3.34. The quantitative estimate of drug-likeness (QED) is 0.566. The van der Waals surface area contributed by atoms with E-state index in [1.54, 1.807) is 0 Å². The standard InChI is InChI=1S/C25H27N3O2/c29-24(21-13-14-21)28(17-19-9-3-1-4-10-19)18-22-23(20-11-5-2-6-12-20)26-30-25(22)27-15-7-8-16-27/h1-6,9-12,21H,7-8,13-18H2. The molecular weight excluding hydrogens is 374 g/mol. The Kier molecular flexibility index (Phi) is 5.26. The van der Waals surface area contributed by atoms with Crippen molar-refractivity contribution in [3.05, 3.63) is 71.8 Å². The lowest BCUT2D eigenvalue weighted by Gasteiger charge is -2.24. The van der Waals surface area contributed by atoms with E-state index in [0.29, 0.717) is 13.1 Å². The number of anilines is 1. The molecule has 30 heavy (non-hydrogen) atoms. The molecule has 1 saturated heterocycles. The number of nitrogens with zero attached hydrogens (tertiary/aromatic N) is 3. The lowest BCUT2D eigenvalue weighted by atomic mass is 10.1. The molecule has 0 atom stereocenters. The number of rotatable bonds is 7. The first kappa shape index (κ1) is 18.9. The van der Waals surface area contributed by atoms with Gasteiger partial charge >= 0.3 is 0 Å². The minimum Gasteiger partial charge on any atom is -0.340 e. The second-order valence-corrected chi connectivity index (χ2v) is 8.33. The van der Waals surface area contributed by atoms with Gasteiger partial charge in [0.2, 0.25) is 11.8 Å². The molecule has 5 rings (SSSR count). The van der Waals surface area contributed by atoms with Crippen molar-refractivity contribution in [1.29, 1.82) is 0 Å². The molecule has 5 nitrogen and oxygen atoms in total. The van der Waals surface area contributed by atoms with Gasteiger partial charge in [-0.05, 0) is 31.2 Å². The summed E-state index contributed by atoms with van der Waals surface area (Å²) in [5.74, 6) is 1.24. The van der Waals surface area contributed by atoms with Crippen LogP contribution in [0.25, 0.3) is 11.3 Å². The van der Waals surface area contributed by atoms with E-state index in [4.69, 9.17) is 4.52 Å². The first-order valence-corrected chi connectivity index (χ1v) is 10.9. The third-order valence-electron chi connectivity index (χ3n) is 6.01. The number of hydrogen-bond donors (Lipinski definition) is 0. The Labute approximate surface area is 177 Å². The maximum atomic E-state index is 13.2. The lowest BCUT2D eigenvalue weighted by molar-refractivity contribution is -0.133. The van der Waals surface area contributed by atoms with E-state index >= 15 is 0 Å². The highest BCUT2D eigenvalue weighted by molar-refractivity contribution is 5.81. The molecule has 5 heteroatoms. The molecule has 3 aromatic rings. The molecule has 1 aromatic heterocycles. The van der Waals surface area contributed by atoms with Crippen molar-refractivity contribution < 1.29 is 9.32 Å². The number of carbonyl (C=O) groups excluding carboxylic acids is 1. The molecule has 1 amide bonds. The van der Waals surface area contributed by atoms with Gasteiger partial charge in [-0.2, -0.15) is 0 Å². The number of benzene rings is 2. The number of carbonyl (C=O) groups is 1. The summed E-state index contributed by atoms with van der Waals surface area (Å²) >= 11 is 0. The van der Waals surface area contributed by atoms with Crippen LogP contribution in [0.2, 0.25) is 0 Å². The molecule has 1 saturated carbocycles. The van der Waals surface area contributed by atoms with Crippen LogP contribution in [0.15, 0.2) is 65.2 Å². The van der Waals surface area contributed by atoms with Crippen LogP contribution in [0.3, 0.4) is 0 Å². The summed E-state index contributed by atoms with van der Waals surface area (Å²) < 4.78 is 5.88. The molecule has 0 N–H and O–H groups in total. The van der Waals surface area contributed by atoms with Gasteiger partial charge in [0.25, 0.3) is 0 Å². The van der Waals surface area contributed by atoms with Gasteiger partial charge in [0.05, 0.1) is 12.1 Å². The van der Waals surface area contributed by atoms with Crippen molar-refractivity contribution in [2.45, 2.75) is 38.8 Å². The number of amides is 1. The Balaban J connectivity index is 1.51.